The number of aliphatic carboxylic acids is 1. The second kappa shape index (κ2) is 12.3. The molecule has 0 amide bonds. The molecule has 8 unspecified atom stereocenters. The SMILES string of the molecule is Cc1nc2c(c(=O)n1CCOC1CCC(Cl)CC1C1CC(C)NC3C(C(=O)O)CSC13)C[C@@H](N1CCC[C@]3(C1)CC3(F)F)CC2. The zero-order valence-electron chi connectivity index (χ0n) is 26.4. The van der Waals surface area contributed by atoms with Gasteiger partial charge in [0, 0.05) is 53.0 Å². The third-order valence-electron chi connectivity index (χ3n) is 12.1. The molecule has 10 atom stereocenters. The van der Waals surface area contributed by atoms with Crippen LogP contribution in [0.4, 0.5) is 8.78 Å². The fourth-order valence-corrected chi connectivity index (χ4v) is 11.7. The lowest BCUT2D eigenvalue weighted by molar-refractivity contribution is -0.142. The molecule has 2 N–H and O–H groups in total. The van der Waals surface area contributed by atoms with Crippen LogP contribution in [0.3, 0.4) is 0 Å². The zero-order valence-corrected chi connectivity index (χ0v) is 27.9. The Hall–Kier alpha value is -1.27. The first kappa shape index (κ1) is 32.3. The Bertz CT molecular complexity index is 1370. The van der Waals surface area contributed by atoms with Gasteiger partial charge in [-0.25, -0.2) is 13.8 Å². The second-order valence-corrected chi connectivity index (χ2v) is 16.7. The standard InChI is InChI=1S/C33H47ClF2N4O4S/c1-18-12-23(29-28(37-18)25(15-45-29)31(42)43)22-13-20(34)4-7-27(22)44-11-10-40-19(2)38-26-6-5-21(14-24(26)30(40)41)39-9-3-8-32(17-39)16-33(32,35)36/h18,20-23,25,27-29,37H,3-17H2,1-2H3,(H,42,43)/t18?,20?,21-,22?,23?,25?,27?,28?,29?,32+/m0/s1. The van der Waals surface area contributed by atoms with Gasteiger partial charge >= 0.3 is 5.97 Å². The summed E-state index contributed by atoms with van der Waals surface area (Å²) in [6.07, 6.45) is 7.08. The molecule has 5 fully saturated rings. The highest BCUT2D eigenvalue weighted by atomic mass is 35.5. The third kappa shape index (κ3) is 6.00. The molecule has 6 aliphatic rings. The van der Waals surface area contributed by atoms with E-state index in [4.69, 9.17) is 21.3 Å². The van der Waals surface area contributed by atoms with Gasteiger partial charge in [-0.05, 0) is 90.0 Å². The smallest absolute Gasteiger partial charge is 0.308 e. The zero-order chi connectivity index (χ0) is 31.7. The number of carboxylic acid groups (broad SMARTS) is 1. The van der Waals surface area contributed by atoms with Crippen LogP contribution in [0, 0.1) is 30.1 Å². The summed E-state index contributed by atoms with van der Waals surface area (Å²) in [5.74, 6) is -1.77. The van der Waals surface area contributed by atoms with Crippen LogP contribution in [0.5, 0.6) is 0 Å². The average molecular weight is 669 g/mol. The summed E-state index contributed by atoms with van der Waals surface area (Å²) in [5.41, 5.74) is 0.724. The topological polar surface area (TPSA) is 96.7 Å². The van der Waals surface area contributed by atoms with Crippen molar-refractivity contribution in [2.75, 3.05) is 25.4 Å². The van der Waals surface area contributed by atoms with Crippen LogP contribution in [0.25, 0.3) is 0 Å². The summed E-state index contributed by atoms with van der Waals surface area (Å²) in [6.45, 7) is 6.08. The molecule has 3 aliphatic heterocycles. The van der Waals surface area contributed by atoms with Crippen molar-refractivity contribution >= 4 is 29.3 Å². The fourth-order valence-electron chi connectivity index (χ4n) is 9.60. The van der Waals surface area contributed by atoms with Crippen LogP contribution in [0.1, 0.15) is 75.4 Å². The molecule has 3 aliphatic carbocycles. The van der Waals surface area contributed by atoms with Gasteiger partial charge in [0.15, 0.2) is 0 Å². The average Bonchev–Trinajstić information content (AvgIpc) is 3.29. The molecule has 1 aromatic heterocycles. The predicted octanol–water partition coefficient (Wildman–Crippen LogP) is 4.51. The number of nitrogens with zero attached hydrogens (tertiary/aromatic N) is 3. The number of ether oxygens (including phenoxy) is 1. The van der Waals surface area contributed by atoms with Crippen molar-refractivity contribution in [2.45, 2.75) is 125 Å². The van der Waals surface area contributed by atoms with Gasteiger partial charge in [0.2, 0.25) is 0 Å². The summed E-state index contributed by atoms with van der Waals surface area (Å²) in [7, 11) is 0. The minimum atomic E-state index is -2.55. The van der Waals surface area contributed by atoms with E-state index in [0.29, 0.717) is 56.5 Å². The van der Waals surface area contributed by atoms with Gasteiger partial charge in [0.05, 0.1) is 36.3 Å². The monoisotopic (exact) mass is 668 g/mol. The molecule has 12 heteroatoms. The van der Waals surface area contributed by atoms with Gasteiger partial charge in [-0.15, -0.1) is 11.6 Å². The number of alkyl halides is 3. The first-order chi connectivity index (χ1) is 21.5. The maximum atomic E-state index is 14.2. The highest BCUT2D eigenvalue weighted by Gasteiger charge is 2.71. The van der Waals surface area contributed by atoms with E-state index >= 15 is 0 Å². The Balaban J connectivity index is 1.02. The van der Waals surface area contributed by atoms with E-state index in [0.717, 1.165) is 56.3 Å². The Morgan fingerprint density at radius 3 is 2.80 bits per heavy atom. The minimum absolute atomic E-state index is 0.000350. The molecule has 8 nitrogen and oxygen atoms in total. The van der Waals surface area contributed by atoms with Crippen molar-refractivity contribution in [1.82, 2.24) is 19.8 Å². The number of aryl methyl sites for hydroxylation is 2. The van der Waals surface area contributed by atoms with E-state index in [1.165, 1.54) is 0 Å². The lowest BCUT2D eigenvalue weighted by atomic mass is 9.70. The normalized spacial score (nSPS) is 41.0. The molecule has 4 heterocycles. The van der Waals surface area contributed by atoms with Crippen LogP contribution in [-0.4, -0.2) is 91.8 Å². The maximum Gasteiger partial charge on any atom is 0.308 e. The largest absolute Gasteiger partial charge is 0.481 e. The van der Waals surface area contributed by atoms with Gasteiger partial charge in [-0.2, -0.15) is 11.8 Å². The number of likely N-dealkylation sites (tertiary alicyclic amines) is 1. The number of piperidine rings is 2. The second-order valence-electron chi connectivity index (χ2n) is 14.9. The van der Waals surface area contributed by atoms with Crippen molar-refractivity contribution in [2.24, 2.45) is 23.2 Å². The van der Waals surface area contributed by atoms with E-state index in [-0.39, 0.29) is 58.7 Å². The van der Waals surface area contributed by atoms with E-state index in [1.54, 1.807) is 16.3 Å². The summed E-state index contributed by atoms with van der Waals surface area (Å²) in [6, 6.07) is 0.293. The van der Waals surface area contributed by atoms with Crippen molar-refractivity contribution in [1.29, 1.82) is 0 Å². The highest BCUT2D eigenvalue weighted by molar-refractivity contribution is 8.00. The van der Waals surface area contributed by atoms with Crippen molar-refractivity contribution < 1.29 is 23.4 Å². The fraction of sp³-hybridized carbons (Fsp3) is 0.848. The molecular formula is C33H47ClF2N4O4S. The molecule has 250 valence electrons. The molecule has 0 radical (unpaired) electrons. The Morgan fingerprint density at radius 2 is 2.04 bits per heavy atom. The van der Waals surface area contributed by atoms with Crippen LogP contribution >= 0.6 is 23.4 Å². The van der Waals surface area contributed by atoms with E-state index in [2.05, 4.69) is 17.1 Å². The van der Waals surface area contributed by atoms with Gasteiger partial charge in [0.25, 0.3) is 11.5 Å². The van der Waals surface area contributed by atoms with Crippen LogP contribution in [-0.2, 0) is 28.9 Å². The highest BCUT2D eigenvalue weighted by Crippen LogP contribution is 2.64. The van der Waals surface area contributed by atoms with Gasteiger partial charge in [-0.3, -0.25) is 19.1 Å². The Labute approximate surface area is 273 Å². The van der Waals surface area contributed by atoms with E-state index in [9.17, 15) is 23.5 Å². The number of carboxylic acids is 1. The molecule has 45 heavy (non-hydrogen) atoms. The van der Waals surface area contributed by atoms with Gasteiger partial charge < -0.3 is 15.2 Å². The number of rotatable bonds is 7. The first-order valence-electron chi connectivity index (χ1n) is 17.0. The van der Waals surface area contributed by atoms with Gasteiger partial charge in [0.1, 0.15) is 5.82 Å². The van der Waals surface area contributed by atoms with Crippen molar-refractivity contribution in [3.8, 4) is 0 Å². The number of aromatic nitrogens is 2. The predicted molar refractivity (Wildman–Crippen MR) is 170 cm³/mol. The van der Waals surface area contributed by atoms with Crippen LogP contribution in [0.15, 0.2) is 4.79 Å². The molecule has 3 saturated heterocycles. The number of nitrogens with one attached hydrogen (secondary N) is 1. The summed E-state index contributed by atoms with van der Waals surface area (Å²) in [5, 5.41) is 13.7. The Morgan fingerprint density at radius 1 is 1.24 bits per heavy atom. The molecule has 1 spiro atoms. The summed E-state index contributed by atoms with van der Waals surface area (Å²) in [4.78, 5) is 32.9. The number of hydrogen-bond acceptors (Lipinski definition) is 7. The summed E-state index contributed by atoms with van der Waals surface area (Å²) < 4.78 is 36.7. The first-order valence-corrected chi connectivity index (χ1v) is 18.5. The molecule has 0 aromatic carbocycles. The number of thioether (sulfide) groups is 1. The van der Waals surface area contributed by atoms with Crippen LogP contribution in [0.2, 0.25) is 0 Å². The van der Waals surface area contributed by atoms with E-state index in [1.807, 2.05) is 6.92 Å². The maximum absolute atomic E-state index is 14.2. The Kier molecular flexibility index (Phi) is 8.84. The third-order valence-corrected chi connectivity index (χ3v) is 14.1. The number of carbonyl (C=O) groups is 1. The molecular weight excluding hydrogens is 622 g/mol. The van der Waals surface area contributed by atoms with Crippen LogP contribution < -0.4 is 10.9 Å². The summed E-state index contributed by atoms with van der Waals surface area (Å²) >= 11 is 8.51. The molecule has 2 saturated carbocycles. The molecule has 0 bridgehead atoms. The van der Waals surface area contributed by atoms with Crippen molar-refractivity contribution in [3.05, 3.63) is 27.4 Å². The quantitative estimate of drug-likeness (QED) is 0.410. The minimum Gasteiger partial charge on any atom is -0.481 e. The lowest BCUT2D eigenvalue weighted by Crippen LogP contribution is -2.57. The molecule has 7 rings (SSSR count). The number of halogens is 3. The number of hydrogen-bond donors (Lipinski definition) is 2. The van der Waals surface area contributed by atoms with Gasteiger partial charge in [-0.1, -0.05) is 0 Å². The lowest BCUT2D eigenvalue weighted by Gasteiger charge is -2.47. The molecule has 1 aromatic rings. The van der Waals surface area contributed by atoms with E-state index < -0.39 is 17.3 Å². The number of fused-ring (bicyclic) bond motifs is 2. The van der Waals surface area contributed by atoms with Crippen molar-refractivity contribution in [3.63, 3.8) is 0 Å².